The Bertz CT molecular complexity index is 368. The van der Waals surface area contributed by atoms with Gasteiger partial charge in [-0.05, 0) is 24.7 Å². The summed E-state index contributed by atoms with van der Waals surface area (Å²) in [5.74, 6) is 0.428. The lowest BCUT2D eigenvalue weighted by Crippen LogP contribution is -2.17. The lowest BCUT2D eigenvalue weighted by molar-refractivity contribution is 0.535. The Hall–Kier alpha value is -1.32. The van der Waals surface area contributed by atoms with Crippen molar-refractivity contribution in [1.82, 2.24) is 9.97 Å². The van der Waals surface area contributed by atoms with Gasteiger partial charge < -0.3 is 10.3 Å². The van der Waals surface area contributed by atoms with Crippen molar-refractivity contribution in [1.29, 1.82) is 0 Å². The molecule has 0 bridgehead atoms. The van der Waals surface area contributed by atoms with E-state index in [1.807, 2.05) is 0 Å². The van der Waals surface area contributed by atoms with E-state index in [-0.39, 0.29) is 5.56 Å². The highest BCUT2D eigenvalue weighted by molar-refractivity contribution is 5.29. The molecule has 1 heterocycles. The molecule has 1 aliphatic carbocycles. The molecule has 4 heteroatoms. The van der Waals surface area contributed by atoms with Gasteiger partial charge in [0.15, 0.2) is 5.82 Å². The van der Waals surface area contributed by atoms with Crippen molar-refractivity contribution >= 4 is 5.82 Å². The van der Waals surface area contributed by atoms with E-state index < -0.39 is 0 Å². The summed E-state index contributed by atoms with van der Waals surface area (Å²) < 4.78 is 0. The average molecular weight is 193 g/mol. The zero-order valence-corrected chi connectivity index (χ0v) is 8.34. The summed E-state index contributed by atoms with van der Waals surface area (Å²) >= 11 is 0. The van der Waals surface area contributed by atoms with E-state index >= 15 is 0 Å². The predicted octanol–water partition coefficient (Wildman–Crippen LogP) is 1.37. The van der Waals surface area contributed by atoms with E-state index in [2.05, 4.69) is 22.2 Å². The van der Waals surface area contributed by atoms with Crippen LogP contribution in [0.4, 0.5) is 5.82 Å². The van der Waals surface area contributed by atoms with E-state index in [4.69, 9.17) is 0 Å². The Kier molecular flexibility index (Phi) is 2.27. The molecule has 76 valence electrons. The van der Waals surface area contributed by atoms with E-state index in [9.17, 15) is 4.79 Å². The summed E-state index contributed by atoms with van der Waals surface area (Å²) in [5.41, 5.74) is 0.377. The molecule has 0 atom stereocenters. The van der Waals surface area contributed by atoms with Crippen LogP contribution >= 0.6 is 0 Å². The maximum atomic E-state index is 11.2. The monoisotopic (exact) mass is 193 g/mol. The minimum absolute atomic E-state index is 0.145. The van der Waals surface area contributed by atoms with Crippen molar-refractivity contribution < 1.29 is 0 Å². The van der Waals surface area contributed by atoms with Crippen LogP contribution < -0.4 is 10.9 Å². The standard InChI is InChI=1S/C10H15N3O/c1-10(2-3-10)4-5-11-8-9(14)13-7-6-12-8/h6-7H,2-5H2,1H3,(H,11,12)(H,13,14). The van der Waals surface area contributed by atoms with Crippen LogP contribution in [-0.4, -0.2) is 16.5 Å². The van der Waals surface area contributed by atoms with E-state index in [1.165, 1.54) is 19.0 Å². The van der Waals surface area contributed by atoms with Crippen LogP contribution in [0.15, 0.2) is 17.2 Å². The van der Waals surface area contributed by atoms with Crippen molar-refractivity contribution in [3.8, 4) is 0 Å². The van der Waals surface area contributed by atoms with Gasteiger partial charge in [0.2, 0.25) is 0 Å². The maximum absolute atomic E-state index is 11.2. The number of hydrogen-bond acceptors (Lipinski definition) is 3. The van der Waals surface area contributed by atoms with Crippen molar-refractivity contribution in [3.05, 3.63) is 22.7 Å². The molecular weight excluding hydrogens is 178 g/mol. The van der Waals surface area contributed by atoms with Gasteiger partial charge in [-0.2, -0.15) is 0 Å². The molecule has 0 saturated heterocycles. The summed E-state index contributed by atoms with van der Waals surface area (Å²) in [6, 6.07) is 0. The number of nitrogens with zero attached hydrogens (tertiary/aromatic N) is 1. The smallest absolute Gasteiger partial charge is 0.290 e. The fourth-order valence-electron chi connectivity index (χ4n) is 1.42. The molecule has 1 aliphatic rings. The molecule has 0 aliphatic heterocycles. The maximum Gasteiger partial charge on any atom is 0.290 e. The molecule has 2 rings (SSSR count). The molecule has 2 N–H and O–H groups in total. The number of nitrogens with one attached hydrogen (secondary N) is 2. The molecule has 14 heavy (non-hydrogen) atoms. The largest absolute Gasteiger partial charge is 0.365 e. The number of anilines is 1. The average Bonchev–Trinajstić information content (AvgIpc) is 2.88. The van der Waals surface area contributed by atoms with Gasteiger partial charge in [-0.1, -0.05) is 6.92 Å². The number of hydrogen-bond donors (Lipinski definition) is 2. The Labute approximate surface area is 82.8 Å². The molecule has 1 aromatic rings. The van der Waals surface area contributed by atoms with Crippen LogP contribution in [-0.2, 0) is 0 Å². The molecule has 0 unspecified atom stereocenters. The van der Waals surface area contributed by atoms with E-state index in [0.717, 1.165) is 13.0 Å². The van der Waals surface area contributed by atoms with Gasteiger partial charge >= 0.3 is 0 Å². The van der Waals surface area contributed by atoms with Gasteiger partial charge in [0.05, 0.1) is 0 Å². The van der Waals surface area contributed by atoms with Crippen LogP contribution in [0.5, 0.6) is 0 Å². The molecule has 0 aromatic carbocycles. The van der Waals surface area contributed by atoms with Crippen molar-refractivity contribution in [2.45, 2.75) is 26.2 Å². The normalized spacial score (nSPS) is 17.8. The fraction of sp³-hybridized carbons (Fsp3) is 0.600. The van der Waals surface area contributed by atoms with Gasteiger partial charge in [-0.3, -0.25) is 4.79 Å². The SMILES string of the molecule is CC1(CCNc2ncc[nH]c2=O)CC1. The highest BCUT2D eigenvalue weighted by Crippen LogP contribution is 2.47. The van der Waals surface area contributed by atoms with Gasteiger partial charge in [-0.25, -0.2) is 4.98 Å². The van der Waals surface area contributed by atoms with Crippen LogP contribution in [0.25, 0.3) is 0 Å². The van der Waals surface area contributed by atoms with Crippen LogP contribution in [0.3, 0.4) is 0 Å². The van der Waals surface area contributed by atoms with Gasteiger partial charge in [-0.15, -0.1) is 0 Å². The van der Waals surface area contributed by atoms with Crippen LogP contribution in [0.1, 0.15) is 26.2 Å². The molecule has 0 amide bonds. The summed E-state index contributed by atoms with van der Waals surface area (Å²) in [6.45, 7) is 3.11. The predicted molar refractivity (Wildman–Crippen MR) is 55.3 cm³/mol. The quantitative estimate of drug-likeness (QED) is 0.759. The molecule has 0 spiro atoms. The Morgan fingerprint density at radius 1 is 1.64 bits per heavy atom. The molecule has 1 saturated carbocycles. The lowest BCUT2D eigenvalue weighted by Gasteiger charge is -2.08. The fourth-order valence-corrected chi connectivity index (χ4v) is 1.42. The number of aromatic amines is 1. The number of rotatable bonds is 4. The number of H-pyrrole nitrogens is 1. The van der Waals surface area contributed by atoms with Crippen molar-refractivity contribution in [2.75, 3.05) is 11.9 Å². The third kappa shape index (κ3) is 2.13. The second-order valence-electron chi connectivity index (χ2n) is 4.25. The Balaban J connectivity index is 1.86. The first-order chi connectivity index (χ1) is 6.70. The first kappa shape index (κ1) is 9.24. The van der Waals surface area contributed by atoms with Gasteiger partial charge in [0.1, 0.15) is 0 Å². The highest BCUT2D eigenvalue weighted by atomic mass is 16.1. The first-order valence-corrected chi connectivity index (χ1v) is 4.97. The Morgan fingerprint density at radius 3 is 3.07 bits per heavy atom. The van der Waals surface area contributed by atoms with E-state index in [0.29, 0.717) is 11.2 Å². The number of aromatic nitrogens is 2. The zero-order chi connectivity index (χ0) is 10.0. The van der Waals surface area contributed by atoms with Gasteiger partial charge in [0.25, 0.3) is 5.56 Å². The molecular formula is C10H15N3O. The zero-order valence-electron chi connectivity index (χ0n) is 8.34. The minimum atomic E-state index is -0.145. The second kappa shape index (κ2) is 3.44. The highest BCUT2D eigenvalue weighted by Gasteiger charge is 2.36. The Morgan fingerprint density at radius 2 is 2.43 bits per heavy atom. The van der Waals surface area contributed by atoms with E-state index in [1.54, 1.807) is 6.20 Å². The topological polar surface area (TPSA) is 57.8 Å². The molecule has 1 fully saturated rings. The summed E-state index contributed by atoms with van der Waals surface area (Å²) in [5, 5.41) is 3.05. The summed E-state index contributed by atoms with van der Waals surface area (Å²) in [6.07, 6.45) is 6.86. The lowest BCUT2D eigenvalue weighted by atomic mass is 10.1. The summed E-state index contributed by atoms with van der Waals surface area (Å²) in [4.78, 5) is 17.8. The van der Waals surface area contributed by atoms with Gasteiger partial charge in [0, 0.05) is 18.9 Å². The third-order valence-corrected chi connectivity index (χ3v) is 2.83. The van der Waals surface area contributed by atoms with Crippen molar-refractivity contribution in [2.24, 2.45) is 5.41 Å². The minimum Gasteiger partial charge on any atom is -0.365 e. The van der Waals surface area contributed by atoms with Crippen LogP contribution in [0.2, 0.25) is 0 Å². The summed E-state index contributed by atoms with van der Waals surface area (Å²) in [7, 11) is 0. The molecule has 4 nitrogen and oxygen atoms in total. The molecule has 1 aromatic heterocycles. The van der Waals surface area contributed by atoms with Crippen LogP contribution in [0, 0.1) is 5.41 Å². The van der Waals surface area contributed by atoms with Crippen molar-refractivity contribution in [3.63, 3.8) is 0 Å². The third-order valence-electron chi connectivity index (χ3n) is 2.83. The molecule has 0 radical (unpaired) electrons. The first-order valence-electron chi connectivity index (χ1n) is 4.97. The second-order valence-corrected chi connectivity index (χ2v) is 4.25.